The number of aromatic carboxylic acids is 1. The van der Waals surface area contributed by atoms with Gasteiger partial charge in [0.2, 0.25) is 0 Å². The molecule has 0 bridgehead atoms. The molecule has 0 aliphatic carbocycles. The Morgan fingerprint density at radius 3 is 2.55 bits per heavy atom. The van der Waals surface area contributed by atoms with Crippen molar-refractivity contribution in [3.8, 4) is 5.75 Å². The van der Waals surface area contributed by atoms with Crippen LogP contribution in [0.5, 0.6) is 5.75 Å². The molecule has 0 fully saturated rings. The molecule has 0 spiro atoms. The normalized spacial score (nSPS) is 11.2. The van der Waals surface area contributed by atoms with E-state index in [0.717, 1.165) is 28.0 Å². The van der Waals surface area contributed by atoms with Gasteiger partial charge >= 0.3 is 5.97 Å². The van der Waals surface area contributed by atoms with Crippen LogP contribution in [0.15, 0.2) is 59.0 Å². The smallest absolute Gasteiger partial charge is 0.352 e. The van der Waals surface area contributed by atoms with Crippen molar-refractivity contribution in [2.24, 2.45) is 0 Å². The summed E-state index contributed by atoms with van der Waals surface area (Å²) < 4.78 is 26.0. The van der Waals surface area contributed by atoms with Gasteiger partial charge in [-0.05, 0) is 48.9 Å². The maximum atomic E-state index is 13.3. The number of nitrogens with zero attached hydrogens (tertiary/aromatic N) is 1. The van der Waals surface area contributed by atoms with Crippen LogP contribution in [0.1, 0.15) is 33.1 Å². The van der Waals surface area contributed by atoms with Crippen LogP contribution < -0.4 is 10.1 Å². The van der Waals surface area contributed by atoms with E-state index in [4.69, 9.17) is 9.15 Å². The number of fused-ring (bicyclic) bond motifs is 1. The quantitative estimate of drug-likeness (QED) is 0.429. The minimum absolute atomic E-state index is 0.190. The molecule has 0 amide bonds. The summed E-state index contributed by atoms with van der Waals surface area (Å²) in [5.74, 6) is 0.882. The molecule has 7 heteroatoms. The molecule has 0 saturated heterocycles. The Kier molecular flexibility index (Phi) is 5.77. The van der Waals surface area contributed by atoms with Crippen LogP contribution in [0.25, 0.3) is 10.9 Å². The summed E-state index contributed by atoms with van der Waals surface area (Å²) in [6, 6.07) is 15.3. The van der Waals surface area contributed by atoms with E-state index in [0.29, 0.717) is 30.9 Å². The van der Waals surface area contributed by atoms with Gasteiger partial charge in [0, 0.05) is 30.1 Å². The molecule has 0 saturated carbocycles. The van der Waals surface area contributed by atoms with Crippen LogP contribution in [-0.4, -0.2) is 22.8 Å². The van der Waals surface area contributed by atoms with E-state index in [1.165, 1.54) is 12.1 Å². The van der Waals surface area contributed by atoms with Gasteiger partial charge in [-0.2, -0.15) is 0 Å². The maximum absolute atomic E-state index is 13.3. The van der Waals surface area contributed by atoms with Crippen LogP contribution in [-0.2, 0) is 19.6 Å². The summed E-state index contributed by atoms with van der Waals surface area (Å²) in [6.45, 7) is 3.00. The predicted octanol–water partition coefficient (Wildman–Crippen LogP) is 4.73. The molecule has 0 aliphatic heterocycles. The van der Waals surface area contributed by atoms with Crippen molar-refractivity contribution in [3.05, 3.63) is 88.8 Å². The number of ether oxygens (including phenoxy) is 1. The first-order chi connectivity index (χ1) is 15.0. The highest BCUT2D eigenvalue weighted by Crippen LogP contribution is 2.31. The Labute approximate surface area is 178 Å². The fourth-order valence-electron chi connectivity index (χ4n) is 3.78. The molecule has 6 nitrogen and oxygen atoms in total. The van der Waals surface area contributed by atoms with Gasteiger partial charge in [-0.3, -0.25) is 0 Å². The van der Waals surface area contributed by atoms with E-state index in [-0.39, 0.29) is 11.5 Å². The number of aromatic nitrogens is 1. The summed E-state index contributed by atoms with van der Waals surface area (Å²) >= 11 is 0. The van der Waals surface area contributed by atoms with Gasteiger partial charge in [0.25, 0.3) is 0 Å². The van der Waals surface area contributed by atoms with Gasteiger partial charge in [0.05, 0.1) is 19.2 Å². The first kappa shape index (κ1) is 20.7. The zero-order chi connectivity index (χ0) is 22.0. The Morgan fingerprint density at radius 1 is 1.13 bits per heavy atom. The average molecular weight is 422 g/mol. The number of carbonyl (C=O) groups is 1. The van der Waals surface area contributed by atoms with Crippen LogP contribution in [0.2, 0.25) is 0 Å². The number of hydrogen-bond donors (Lipinski definition) is 2. The second-order valence-electron chi connectivity index (χ2n) is 7.34. The Hall–Kier alpha value is -3.58. The van der Waals surface area contributed by atoms with E-state index in [9.17, 15) is 14.3 Å². The van der Waals surface area contributed by atoms with Gasteiger partial charge in [0.15, 0.2) is 0 Å². The molecule has 0 radical (unpaired) electrons. The fraction of sp³-hybridized carbons (Fsp3) is 0.208. The van der Waals surface area contributed by atoms with E-state index in [1.54, 1.807) is 23.8 Å². The van der Waals surface area contributed by atoms with E-state index in [1.807, 2.05) is 37.3 Å². The molecule has 4 aromatic rings. The summed E-state index contributed by atoms with van der Waals surface area (Å²) in [4.78, 5) is 12.3. The van der Waals surface area contributed by atoms with Crippen molar-refractivity contribution >= 4 is 16.9 Å². The SMILES string of the molecule is COc1ccc2c(CNCc3ccc(C)o3)c(C(=O)O)n(Cc3ccc(F)cc3)c2c1. The lowest BCUT2D eigenvalue weighted by atomic mass is 10.1. The lowest BCUT2D eigenvalue weighted by Gasteiger charge is -2.10. The topological polar surface area (TPSA) is 76.6 Å². The molecular weight excluding hydrogens is 399 g/mol. The number of methoxy groups -OCH3 is 1. The molecule has 160 valence electrons. The number of furan rings is 1. The second kappa shape index (κ2) is 8.65. The van der Waals surface area contributed by atoms with Gasteiger partial charge in [-0.1, -0.05) is 12.1 Å². The Balaban J connectivity index is 1.75. The average Bonchev–Trinajstić information content (AvgIpc) is 3.30. The molecule has 2 aromatic heterocycles. The van der Waals surface area contributed by atoms with Gasteiger partial charge in [-0.15, -0.1) is 0 Å². The van der Waals surface area contributed by atoms with Crippen LogP contribution >= 0.6 is 0 Å². The molecule has 31 heavy (non-hydrogen) atoms. The third-order valence-electron chi connectivity index (χ3n) is 5.23. The summed E-state index contributed by atoms with van der Waals surface area (Å²) in [5.41, 5.74) is 2.41. The van der Waals surface area contributed by atoms with Crippen LogP contribution in [0.3, 0.4) is 0 Å². The minimum atomic E-state index is -1.03. The van der Waals surface area contributed by atoms with Crippen molar-refractivity contribution in [2.45, 2.75) is 26.6 Å². The largest absolute Gasteiger partial charge is 0.497 e. The number of carboxylic acid groups (broad SMARTS) is 1. The molecule has 2 N–H and O–H groups in total. The zero-order valence-corrected chi connectivity index (χ0v) is 17.3. The summed E-state index contributed by atoms with van der Waals surface area (Å²) in [7, 11) is 1.57. The monoisotopic (exact) mass is 422 g/mol. The standard InChI is InChI=1S/C24H23FN2O4/c1-15-3-8-19(31-15)12-26-13-21-20-10-9-18(30-2)11-22(20)27(23(21)24(28)29)14-16-4-6-17(25)7-5-16/h3-11,26H,12-14H2,1-2H3,(H,28,29). The first-order valence-corrected chi connectivity index (χ1v) is 9.89. The highest BCUT2D eigenvalue weighted by atomic mass is 19.1. The molecule has 2 aromatic carbocycles. The molecule has 2 heterocycles. The summed E-state index contributed by atoms with van der Waals surface area (Å²) in [6.07, 6.45) is 0. The van der Waals surface area contributed by atoms with Crippen LogP contribution in [0, 0.1) is 12.7 Å². The molecule has 4 rings (SSSR count). The van der Waals surface area contributed by atoms with Gasteiger partial charge in [0.1, 0.15) is 28.8 Å². The Morgan fingerprint density at radius 2 is 1.90 bits per heavy atom. The van der Waals surface area contributed by atoms with Crippen molar-refractivity contribution < 1.29 is 23.4 Å². The number of aryl methyl sites for hydroxylation is 1. The van der Waals surface area contributed by atoms with Gasteiger partial charge < -0.3 is 24.1 Å². The highest BCUT2D eigenvalue weighted by molar-refractivity contribution is 5.98. The zero-order valence-electron chi connectivity index (χ0n) is 17.3. The minimum Gasteiger partial charge on any atom is -0.497 e. The number of hydrogen-bond acceptors (Lipinski definition) is 4. The highest BCUT2D eigenvalue weighted by Gasteiger charge is 2.23. The third kappa shape index (κ3) is 4.32. The number of carboxylic acids is 1. The predicted molar refractivity (Wildman–Crippen MR) is 115 cm³/mol. The van der Waals surface area contributed by atoms with E-state index < -0.39 is 5.97 Å². The first-order valence-electron chi connectivity index (χ1n) is 9.89. The lowest BCUT2D eigenvalue weighted by molar-refractivity contribution is 0.0684. The number of nitrogens with one attached hydrogen (secondary N) is 1. The molecule has 0 atom stereocenters. The number of halogens is 1. The molecule has 0 unspecified atom stereocenters. The maximum Gasteiger partial charge on any atom is 0.352 e. The van der Waals surface area contributed by atoms with Crippen LogP contribution in [0.4, 0.5) is 4.39 Å². The van der Waals surface area contributed by atoms with Crippen molar-refractivity contribution in [1.29, 1.82) is 0 Å². The fourth-order valence-corrected chi connectivity index (χ4v) is 3.78. The second-order valence-corrected chi connectivity index (χ2v) is 7.34. The van der Waals surface area contributed by atoms with Gasteiger partial charge in [-0.25, -0.2) is 9.18 Å². The van der Waals surface area contributed by atoms with E-state index >= 15 is 0 Å². The number of benzene rings is 2. The van der Waals surface area contributed by atoms with Crippen molar-refractivity contribution in [1.82, 2.24) is 9.88 Å². The van der Waals surface area contributed by atoms with E-state index in [2.05, 4.69) is 5.32 Å². The number of rotatable bonds is 8. The third-order valence-corrected chi connectivity index (χ3v) is 5.23. The van der Waals surface area contributed by atoms with Crippen molar-refractivity contribution in [2.75, 3.05) is 7.11 Å². The Bertz CT molecular complexity index is 1220. The molecular formula is C24H23FN2O4. The summed E-state index contributed by atoms with van der Waals surface area (Å²) in [5, 5.41) is 14.2. The molecule has 0 aliphatic rings. The lowest BCUT2D eigenvalue weighted by Crippen LogP contribution is -2.17. The van der Waals surface area contributed by atoms with Crippen molar-refractivity contribution in [3.63, 3.8) is 0 Å².